The van der Waals surface area contributed by atoms with Crippen LogP contribution in [-0.2, 0) is 17.8 Å². The monoisotopic (exact) mass is 485 g/mol. The van der Waals surface area contributed by atoms with E-state index in [0.29, 0.717) is 46.5 Å². The maximum Gasteiger partial charge on any atom is 0.471 e. The maximum atomic E-state index is 12.8. The second-order valence-electron chi connectivity index (χ2n) is 6.90. The number of alkyl halides is 3. The molecule has 3 rings (SSSR count). The summed E-state index contributed by atoms with van der Waals surface area (Å²) in [5, 5.41) is 4.63. The first-order valence-corrected chi connectivity index (χ1v) is 9.75. The van der Waals surface area contributed by atoms with Crippen LogP contribution in [0.1, 0.15) is 21.5 Å². The van der Waals surface area contributed by atoms with E-state index in [1.165, 1.54) is 13.2 Å². The zero-order chi connectivity index (χ0) is 22.1. The van der Waals surface area contributed by atoms with E-state index in [1.807, 2.05) is 17.3 Å². The van der Waals surface area contributed by atoms with Gasteiger partial charge in [0.1, 0.15) is 5.75 Å². The number of halogens is 4. The van der Waals surface area contributed by atoms with Gasteiger partial charge in [-0.1, -0.05) is 0 Å². The van der Waals surface area contributed by atoms with Crippen LogP contribution >= 0.6 is 15.9 Å². The van der Waals surface area contributed by atoms with Gasteiger partial charge in [0.25, 0.3) is 5.91 Å². The first-order chi connectivity index (χ1) is 14.1. The highest BCUT2D eigenvalue weighted by atomic mass is 79.9. The molecule has 0 atom stereocenters. The van der Waals surface area contributed by atoms with E-state index < -0.39 is 18.0 Å². The summed E-state index contributed by atoms with van der Waals surface area (Å²) in [6, 6.07) is 7.83. The molecule has 0 spiro atoms. The van der Waals surface area contributed by atoms with Crippen molar-refractivity contribution in [3.63, 3.8) is 0 Å². The van der Waals surface area contributed by atoms with Gasteiger partial charge in [0.05, 0.1) is 11.6 Å². The van der Waals surface area contributed by atoms with Crippen molar-refractivity contribution < 1.29 is 27.5 Å². The van der Waals surface area contributed by atoms with Crippen LogP contribution in [0.5, 0.6) is 5.75 Å². The lowest BCUT2D eigenvalue weighted by Gasteiger charge is -2.28. The van der Waals surface area contributed by atoms with E-state index >= 15 is 0 Å². The molecule has 1 heterocycles. The van der Waals surface area contributed by atoms with Crippen LogP contribution in [0.2, 0.25) is 0 Å². The Hall–Kier alpha value is -2.59. The lowest BCUT2D eigenvalue weighted by molar-refractivity contribution is -0.167. The summed E-state index contributed by atoms with van der Waals surface area (Å²) in [5.74, 6) is -1.94. The lowest BCUT2D eigenvalue weighted by atomic mass is 9.97. The van der Waals surface area contributed by atoms with Crippen LogP contribution in [0.15, 0.2) is 34.8 Å². The number of nitrogens with zero attached hydrogens (tertiary/aromatic N) is 1. The fraction of sp³-hybridized carbons (Fsp3) is 0.300. The van der Waals surface area contributed by atoms with Gasteiger partial charge in [-0.25, -0.2) is 0 Å². The van der Waals surface area contributed by atoms with Crippen LogP contribution in [0, 0.1) is 0 Å². The van der Waals surface area contributed by atoms with E-state index in [4.69, 9.17) is 4.74 Å². The van der Waals surface area contributed by atoms with Crippen molar-refractivity contribution >= 4 is 39.1 Å². The van der Waals surface area contributed by atoms with Crippen molar-refractivity contribution in [1.29, 1.82) is 0 Å². The average molecular weight is 486 g/mol. The molecule has 0 aromatic heterocycles. The standard InChI is InChI=1S/C20H19BrF3N3O3/c1-27-6-5-14-12(10-27)7-13(9-16(14)26-19(29)20(22,23)24)25-18(28)11-3-4-17(30-2)15(21)8-11/h3-4,7-9H,5-6,10H2,1-2H3,(H,25,28)(H,26,29). The number of methoxy groups -OCH3 is 1. The molecule has 0 bridgehead atoms. The van der Waals surface area contributed by atoms with Gasteiger partial charge in [0.2, 0.25) is 0 Å². The van der Waals surface area contributed by atoms with E-state index in [0.717, 1.165) is 5.56 Å². The Morgan fingerprint density at radius 1 is 1.17 bits per heavy atom. The fourth-order valence-electron chi connectivity index (χ4n) is 3.23. The average Bonchev–Trinajstić information content (AvgIpc) is 2.66. The van der Waals surface area contributed by atoms with Crippen LogP contribution in [0.4, 0.5) is 24.5 Å². The summed E-state index contributed by atoms with van der Waals surface area (Å²) in [6.45, 7) is 1.13. The van der Waals surface area contributed by atoms with Crippen molar-refractivity contribution in [1.82, 2.24) is 4.90 Å². The predicted octanol–water partition coefficient (Wildman–Crippen LogP) is 4.20. The molecule has 6 nitrogen and oxygen atoms in total. The molecule has 0 aliphatic carbocycles. The third-order valence-corrected chi connectivity index (χ3v) is 5.32. The number of likely N-dealkylation sites (N-methyl/N-ethyl adjacent to an activating group) is 1. The second-order valence-corrected chi connectivity index (χ2v) is 7.76. The van der Waals surface area contributed by atoms with Crippen molar-refractivity contribution in [2.75, 3.05) is 31.3 Å². The maximum absolute atomic E-state index is 12.8. The van der Waals surface area contributed by atoms with Gasteiger partial charge < -0.3 is 20.3 Å². The largest absolute Gasteiger partial charge is 0.496 e. The minimum atomic E-state index is -5.01. The van der Waals surface area contributed by atoms with E-state index in [2.05, 4.69) is 21.2 Å². The van der Waals surface area contributed by atoms with E-state index in [9.17, 15) is 22.8 Å². The Bertz CT molecular complexity index is 995. The van der Waals surface area contributed by atoms with Crippen molar-refractivity contribution in [3.8, 4) is 5.75 Å². The van der Waals surface area contributed by atoms with Gasteiger partial charge in [-0.15, -0.1) is 0 Å². The molecule has 30 heavy (non-hydrogen) atoms. The Labute approximate surface area is 179 Å². The number of ether oxygens (including phenoxy) is 1. The summed E-state index contributed by atoms with van der Waals surface area (Å²) in [7, 11) is 3.39. The topological polar surface area (TPSA) is 70.7 Å². The quantitative estimate of drug-likeness (QED) is 0.680. The van der Waals surface area contributed by atoms with Gasteiger partial charge in [-0.3, -0.25) is 9.59 Å². The highest BCUT2D eigenvalue weighted by molar-refractivity contribution is 9.10. The second kappa shape index (κ2) is 8.65. The molecule has 1 aliphatic heterocycles. The number of rotatable bonds is 4. The third kappa shape index (κ3) is 4.93. The Morgan fingerprint density at radius 2 is 1.90 bits per heavy atom. The Kier molecular flexibility index (Phi) is 6.37. The molecule has 2 N–H and O–H groups in total. The van der Waals surface area contributed by atoms with Crippen molar-refractivity contribution in [2.24, 2.45) is 0 Å². The zero-order valence-electron chi connectivity index (χ0n) is 16.2. The summed E-state index contributed by atoms with van der Waals surface area (Å²) < 4.78 is 44.0. The van der Waals surface area contributed by atoms with Gasteiger partial charge in [-0.05, 0) is 70.9 Å². The number of carbonyl (C=O) groups is 2. The molecule has 2 aromatic carbocycles. The SMILES string of the molecule is COc1ccc(C(=O)Nc2cc3c(c(NC(=O)C(F)(F)F)c2)CCN(C)C3)cc1Br. The van der Waals surface area contributed by atoms with Crippen LogP contribution < -0.4 is 15.4 Å². The molecule has 2 aromatic rings. The normalized spacial score (nSPS) is 14.1. The number of benzene rings is 2. The molecule has 0 saturated carbocycles. The Morgan fingerprint density at radius 3 is 2.53 bits per heavy atom. The number of hydrogen-bond donors (Lipinski definition) is 2. The van der Waals surface area contributed by atoms with Gasteiger partial charge >= 0.3 is 12.1 Å². The fourth-order valence-corrected chi connectivity index (χ4v) is 3.77. The number of fused-ring (bicyclic) bond motifs is 1. The van der Waals surface area contributed by atoms with Gasteiger partial charge in [-0.2, -0.15) is 13.2 Å². The van der Waals surface area contributed by atoms with Gasteiger partial charge in [0.15, 0.2) is 0 Å². The van der Waals surface area contributed by atoms with Crippen molar-refractivity contribution in [3.05, 3.63) is 51.5 Å². The number of nitrogens with one attached hydrogen (secondary N) is 2. The molecule has 160 valence electrons. The summed E-state index contributed by atoms with van der Waals surface area (Å²) in [4.78, 5) is 26.1. The molecular formula is C20H19BrF3N3O3. The number of anilines is 2. The molecule has 0 unspecified atom stereocenters. The van der Waals surface area contributed by atoms with Crippen molar-refractivity contribution in [2.45, 2.75) is 19.1 Å². The summed E-state index contributed by atoms with van der Waals surface area (Å²) in [5.41, 5.74) is 2.05. The molecule has 0 radical (unpaired) electrons. The number of carbonyl (C=O) groups excluding carboxylic acids is 2. The van der Waals surface area contributed by atoms with Crippen LogP contribution in [-0.4, -0.2) is 43.6 Å². The smallest absolute Gasteiger partial charge is 0.471 e. The highest BCUT2D eigenvalue weighted by Crippen LogP contribution is 2.32. The molecule has 10 heteroatoms. The molecular weight excluding hydrogens is 467 g/mol. The Balaban J connectivity index is 1.91. The molecule has 0 saturated heterocycles. The minimum absolute atomic E-state index is 0.0501. The van der Waals surface area contributed by atoms with Crippen LogP contribution in [0.3, 0.4) is 0 Å². The third-order valence-electron chi connectivity index (χ3n) is 4.70. The molecule has 2 amide bonds. The minimum Gasteiger partial charge on any atom is -0.496 e. The summed E-state index contributed by atoms with van der Waals surface area (Å²) in [6.07, 6.45) is -4.52. The zero-order valence-corrected chi connectivity index (χ0v) is 17.8. The number of hydrogen-bond acceptors (Lipinski definition) is 4. The molecule has 0 fully saturated rings. The van der Waals surface area contributed by atoms with Gasteiger partial charge in [0, 0.05) is 30.0 Å². The van der Waals surface area contributed by atoms with Crippen LogP contribution in [0.25, 0.3) is 0 Å². The highest BCUT2D eigenvalue weighted by Gasteiger charge is 2.39. The van der Waals surface area contributed by atoms with E-state index in [-0.39, 0.29) is 5.69 Å². The first-order valence-electron chi connectivity index (χ1n) is 8.96. The molecule has 1 aliphatic rings. The number of amides is 2. The predicted molar refractivity (Wildman–Crippen MR) is 110 cm³/mol. The first kappa shape index (κ1) is 22.1. The summed E-state index contributed by atoms with van der Waals surface area (Å²) >= 11 is 3.31. The van der Waals surface area contributed by atoms with E-state index in [1.54, 1.807) is 24.3 Å². The lowest BCUT2D eigenvalue weighted by Crippen LogP contribution is -2.32.